The van der Waals surface area contributed by atoms with Crippen molar-refractivity contribution in [1.29, 1.82) is 0 Å². The Morgan fingerprint density at radius 1 is 1.35 bits per heavy atom. The molecule has 0 saturated heterocycles. The maximum atomic E-state index is 10.9. The highest BCUT2D eigenvalue weighted by Crippen LogP contribution is 2.46. The third kappa shape index (κ3) is 2.92. The molecule has 108 valence electrons. The molecule has 0 atom stereocenters. The molecule has 1 fully saturated rings. The van der Waals surface area contributed by atoms with Gasteiger partial charge >= 0.3 is 0 Å². The molecule has 0 radical (unpaired) electrons. The van der Waals surface area contributed by atoms with Gasteiger partial charge in [0.1, 0.15) is 11.5 Å². The summed E-state index contributed by atoms with van der Waals surface area (Å²) in [5.41, 5.74) is 1.97. The van der Waals surface area contributed by atoms with Gasteiger partial charge in [-0.25, -0.2) is 0 Å². The highest BCUT2D eigenvalue weighted by molar-refractivity contribution is 5.63. The molecule has 20 heavy (non-hydrogen) atoms. The minimum absolute atomic E-state index is 0.157. The standard InChI is InChI=1S/C15H19NO4/c1-4-12(16(17)18)7-11-8-15(20-3)13(10-5-6-10)9-14(11)19-2/h7-10H,4-6H2,1-3H3. The van der Waals surface area contributed by atoms with Crippen molar-refractivity contribution >= 4 is 6.08 Å². The lowest BCUT2D eigenvalue weighted by atomic mass is 10.0. The normalized spacial score (nSPS) is 15.1. The number of benzene rings is 1. The molecule has 1 saturated carbocycles. The second-order valence-electron chi connectivity index (χ2n) is 4.86. The molecule has 0 unspecified atom stereocenters. The van der Waals surface area contributed by atoms with Crippen LogP contribution in [0.15, 0.2) is 17.8 Å². The molecular weight excluding hydrogens is 258 g/mol. The van der Waals surface area contributed by atoms with Gasteiger partial charge in [0.2, 0.25) is 5.70 Å². The van der Waals surface area contributed by atoms with Crippen molar-refractivity contribution in [1.82, 2.24) is 0 Å². The summed E-state index contributed by atoms with van der Waals surface area (Å²) in [5.74, 6) is 1.96. The molecule has 0 aliphatic heterocycles. The van der Waals surface area contributed by atoms with Crippen molar-refractivity contribution in [2.45, 2.75) is 32.1 Å². The van der Waals surface area contributed by atoms with E-state index in [0.717, 1.165) is 24.2 Å². The van der Waals surface area contributed by atoms with Crippen molar-refractivity contribution < 1.29 is 14.4 Å². The number of nitro groups is 1. The summed E-state index contributed by atoms with van der Waals surface area (Å²) in [5, 5.41) is 10.9. The number of methoxy groups -OCH3 is 2. The van der Waals surface area contributed by atoms with Gasteiger partial charge in [-0.15, -0.1) is 0 Å². The molecule has 1 aliphatic rings. The molecule has 0 N–H and O–H groups in total. The Hall–Kier alpha value is -2.04. The molecule has 1 aromatic rings. The van der Waals surface area contributed by atoms with Crippen molar-refractivity contribution in [3.8, 4) is 11.5 Å². The molecule has 1 aromatic carbocycles. The van der Waals surface area contributed by atoms with Gasteiger partial charge in [0.15, 0.2) is 0 Å². The Morgan fingerprint density at radius 3 is 2.45 bits per heavy atom. The second kappa shape index (κ2) is 5.94. The summed E-state index contributed by atoms with van der Waals surface area (Å²) < 4.78 is 10.8. The summed E-state index contributed by atoms with van der Waals surface area (Å²) >= 11 is 0. The number of hydrogen-bond donors (Lipinski definition) is 0. The van der Waals surface area contributed by atoms with E-state index < -0.39 is 0 Å². The smallest absolute Gasteiger partial charge is 0.246 e. The largest absolute Gasteiger partial charge is 0.496 e. The lowest BCUT2D eigenvalue weighted by Crippen LogP contribution is -1.99. The first kappa shape index (κ1) is 14.4. The maximum Gasteiger partial charge on any atom is 0.246 e. The summed E-state index contributed by atoms with van der Waals surface area (Å²) in [4.78, 5) is 10.6. The first-order valence-electron chi connectivity index (χ1n) is 6.71. The third-order valence-electron chi connectivity index (χ3n) is 3.52. The number of allylic oxidation sites excluding steroid dienone is 1. The van der Waals surface area contributed by atoms with Crippen molar-refractivity contribution in [2.24, 2.45) is 0 Å². The van der Waals surface area contributed by atoms with Crippen LogP contribution in [0.1, 0.15) is 43.2 Å². The molecule has 0 bridgehead atoms. The molecule has 0 aromatic heterocycles. The van der Waals surface area contributed by atoms with E-state index >= 15 is 0 Å². The molecular formula is C15H19NO4. The quantitative estimate of drug-likeness (QED) is 0.588. The first-order valence-corrected chi connectivity index (χ1v) is 6.71. The Kier molecular flexibility index (Phi) is 4.27. The van der Waals surface area contributed by atoms with Crippen LogP contribution >= 0.6 is 0 Å². The predicted octanol–water partition coefficient (Wildman–Crippen LogP) is 3.61. The van der Waals surface area contributed by atoms with Crippen LogP contribution in [0.5, 0.6) is 11.5 Å². The van der Waals surface area contributed by atoms with E-state index in [-0.39, 0.29) is 10.6 Å². The number of hydrogen-bond acceptors (Lipinski definition) is 4. The number of rotatable bonds is 6. The molecule has 1 aliphatic carbocycles. The topological polar surface area (TPSA) is 61.6 Å². The van der Waals surface area contributed by atoms with E-state index in [4.69, 9.17) is 9.47 Å². The van der Waals surface area contributed by atoms with Gasteiger partial charge in [0, 0.05) is 23.6 Å². The van der Waals surface area contributed by atoms with Crippen molar-refractivity contribution in [3.05, 3.63) is 39.1 Å². The van der Waals surface area contributed by atoms with Crippen LogP contribution in [-0.2, 0) is 0 Å². The highest BCUT2D eigenvalue weighted by Gasteiger charge is 2.28. The Balaban J connectivity index is 2.48. The summed E-state index contributed by atoms with van der Waals surface area (Å²) in [6.07, 6.45) is 4.23. The number of nitrogens with zero attached hydrogens (tertiary/aromatic N) is 1. The zero-order chi connectivity index (χ0) is 14.7. The van der Waals surface area contributed by atoms with E-state index in [1.54, 1.807) is 27.2 Å². The van der Waals surface area contributed by atoms with E-state index in [9.17, 15) is 10.1 Å². The lowest BCUT2D eigenvalue weighted by molar-refractivity contribution is -0.425. The van der Waals surface area contributed by atoms with Crippen LogP contribution in [0.2, 0.25) is 0 Å². The average molecular weight is 277 g/mol. The lowest BCUT2D eigenvalue weighted by Gasteiger charge is -2.12. The molecule has 0 spiro atoms. The highest BCUT2D eigenvalue weighted by atomic mass is 16.6. The van der Waals surface area contributed by atoms with Crippen LogP contribution in [0, 0.1) is 10.1 Å². The fourth-order valence-electron chi connectivity index (χ4n) is 2.23. The first-order chi connectivity index (χ1) is 9.60. The minimum atomic E-state index is -0.360. The van der Waals surface area contributed by atoms with Crippen molar-refractivity contribution in [3.63, 3.8) is 0 Å². The van der Waals surface area contributed by atoms with E-state index in [2.05, 4.69) is 0 Å². The monoisotopic (exact) mass is 277 g/mol. The summed E-state index contributed by atoms with van der Waals surface area (Å²) in [6.45, 7) is 1.76. The molecule has 0 amide bonds. The predicted molar refractivity (Wildman–Crippen MR) is 76.8 cm³/mol. The average Bonchev–Trinajstić information content (AvgIpc) is 3.27. The van der Waals surface area contributed by atoms with Crippen LogP contribution in [0.25, 0.3) is 6.08 Å². The molecule has 5 heteroatoms. The second-order valence-corrected chi connectivity index (χ2v) is 4.86. The minimum Gasteiger partial charge on any atom is -0.496 e. The number of ether oxygens (including phenoxy) is 2. The Morgan fingerprint density at radius 2 is 2.00 bits per heavy atom. The van der Waals surface area contributed by atoms with E-state index in [1.165, 1.54) is 0 Å². The van der Waals surface area contributed by atoms with Gasteiger partial charge in [-0.05, 0) is 30.9 Å². The third-order valence-corrected chi connectivity index (χ3v) is 3.52. The van der Waals surface area contributed by atoms with Gasteiger partial charge in [-0.2, -0.15) is 0 Å². The van der Waals surface area contributed by atoms with E-state index in [0.29, 0.717) is 23.7 Å². The zero-order valence-electron chi connectivity index (χ0n) is 12.0. The van der Waals surface area contributed by atoms with E-state index in [1.807, 2.05) is 12.1 Å². The van der Waals surface area contributed by atoms with Crippen LogP contribution < -0.4 is 9.47 Å². The fourth-order valence-corrected chi connectivity index (χ4v) is 2.23. The van der Waals surface area contributed by atoms with Crippen LogP contribution in [-0.4, -0.2) is 19.1 Å². The summed E-state index contributed by atoms with van der Waals surface area (Å²) in [6, 6.07) is 3.77. The molecule has 2 rings (SSSR count). The zero-order valence-corrected chi connectivity index (χ0v) is 12.0. The molecule has 0 heterocycles. The maximum absolute atomic E-state index is 10.9. The van der Waals surface area contributed by atoms with Crippen LogP contribution in [0.3, 0.4) is 0 Å². The Bertz CT molecular complexity index is 547. The van der Waals surface area contributed by atoms with Gasteiger partial charge in [-0.3, -0.25) is 10.1 Å². The van der Waals surface area contributed by atoms with Gasteiger partial charge in [0.05, 0.1) is 19.1 Å². The van der Waals surface area contributed by atoms with Gasteiger partial charge in [-0.1, -0.05) is 6.92 Å². The summed E-state index contributed by atoms with van der Waals surface area (Å²) in [7, 11) is 3.20. The fraction of sp³-hybridized carbons (Fsp3) is 0.467. The van der Waals surface area contributed by atoms with Gasteiger partial charge in [0.25, 0.3) is 0 Å². The van der Waals surface area contributed by atoms with Crippen LogP contribution in [0.4, 0.5) is 0 Å². The SMILES string of the molecule is CCC(=Cc1cc(OC)c(C2CC2)cc1OC)[N+](=O)[O-]. The van der Waals surface area contributed by atoms with Gasteiger partial charge < -0.3 is 9.47 Å². The Labute approximate surface area is 118 Å². The molecule has 5 nitrogen and oxygen atoms in total. The van der Waals surface area contributed by atoms with Crippen molar-refractivity contribution in [2.75, 3.05) is 14.2 Å².